The molecule has 2 aliphatic rings. The molecular weight excluding hydrogens is 506 g/mol. The standard InChI is InChI=1S/C28H36F2N6O3/c1-16-31-23(34-33-16)25(38)35-11-12-36(27(5,6)15-35)24(37)21-14-20-22(39-21)18(26(2,3)4)13-19(32-20)17-7-9-28(29,30)10-8-17/h13-14,17H,7-12,15H2,1-6H3,(H,31,33,34). The van der Waals surface area contributed by atoms with Crippen molar-refractivity contribution in [2.75, 3.05) is 19.6 Å². The van der Waals surface area contributed by atoms with Crippen molar-refractivity contribution in [3.8, 4) is 0 Å². The molecule has 1 N–H and O–H groups in total. The number of hydrogen-bond acceptors (Lipinski definition) is 6. The molecule has 39 heavy (non-hydrogen) atoms. The summed E-state index contributed by atoms with van der Waals surface area (Å²) < 4.78 is 33.8. The third-order valence-electron chi connectivity index (χ3n) is 7.88. The quantitative estimate of drug-likeness (QED) is 0.486. The summed E-state index contributed by atoms with van der Waals surface area (Å²) in [6.45, 7) is 12.7. The minimum atomic E-state index is -2.61. The van der Waals surface area contributed by atoms with E-state index in [1.54, 1.807) is 22.8 Å². The number of furan rings is 1. The second kappa shape index (κ2) is 9.38. The average molecular weight is 543 g/mol. The zero-order valence-corrected chi connectivity index (χ0v) is 23.4. The summed E-state index contributed by atoms with van der Waals surface area (Å²) in [6, 6.07) is 3.63. The summed E-state index contributed by atoms with van der Waals surface area (Å²) in [5.74, 6) is -2.39. The van der Waals surface area contributed by atoms with E-state index in [1.165, 1.54) is 0 Å². The van der Waals surface area contributed by atoms with Crippen LogP contribution in [-0.4, -0.2) is 72.9 Å². The molecule has 0 spiro atoms. The van der Waals surface area contributed by atoms with Gasteiger partial charge in [0.1, 0.15) is 11.3 Å². The number of aromatic amines is 1. The molecule has 11 heteroatoms. The Morgan fingerprint density at radius 2 is 1.77 bits per heavy atom. The Hall–Kier alpha value is -3.37. The van der Waals surface area contributed by atoms with Gasteiger partial charge in [0.05, 0.1) is 5.54 Å². The number of nitrogens with one attached hydrogen (secondary N) is 1. The fourth-order valence-electron chi connectivity index (χ4n) is 5.67. The summed E-state index contributed by atoms with van der Waals surface area (Å²) in [4.78, 5) is 39.0. The number of nitrogens with zero attached hydrogens (tertiary/aromatic N) is 5. The molecule has 0 aromatic carbocycles. The number of amides is 2. The first-order chi connectivity index (χ1) is 18.1. The first-order valence-electron chi connectivity index (χ1n) is 13.5. The van der Waals surface area contributed by atoms with E-state index in [9.17, 15) is 18.4 Å². The van der Waals surface area contributed by atoms with Crippen molar-refractivity contribution >= 4 is 22.9 Å². The number of piperazine rings is 1. The van der Waals surface area contributed by atoms with E-state index < -0.39 is 11.5 Å². The Balaban J connectivity index is 1.41. The Bertz CT molecular complexity index is 1410. The first-order valence-corrected chi connectivity index (χ1v) is 13.5. The third-order valence-corrected chi connectivity index (χ3v) is 7.88. The fourth-order valence-corrected chi connectivity index (χ4v) is 5.67. The molecule has 5 rings (SSSR count). The second-order valence-electron chi connectivity index (χ2n) is 12.5. The highest BCUT2D eigenvalue weighted by atomic mass is 19.3. The molecule has 1 aliphatic carbocycles. The lowest BCUT2D eigenvalue weighted by Crippen LogP contribution is -2.62. The highest BCUT2D eigenvalue weighted by Gasteiger charge is 2.41. The van der Waals surface area contributed by atoms with Crippen LogP contribution in [0.5, 0.6) is 0 Å². The molecule has 2 amide bonds. The van der Waals surface area contributed by atoms with Crippen LogP contribution in [0, 0.1) is 6.92 Å². The van der Waals surface area contributed by atoms with Crippen LogP contribution in [0.25, 0.3) is 11.1 Å². The number of hydrogen-bond donors (Lipinski definition) is 1. The smallest absolute Gasteiger partial charge is 0.293 e. The van der Waals surface area contributed by atoms with Gasteiger partial charge in [-0.3, -0.25) is 14.7 Å². The van der Waals surface area contributed by atoms with Crippen molar-refractivity contribution in [3.05, 3.63) is 40.8 Å². The molecule has 0 radical (unpaired) electrons. The van der Waals surface area contributed by atoms with Gasteiger partial charge in [-0.1, -0.05) is 20.8 Å². The zero-order chi connectivity index (χ0) is 28.3. The minimum absolute atomic E-state index is 0.0541. The van der Waals surface area contributed by atoms with Gasteiger partial charge in [0.15, 0.2) is 11.3 Å². The number of carbonyl (C=O) groups is 2. The molecule has 2 fully saturated rings. The largest absolute Gasteiger partial charge is 0.449 e. The number of halogens is 2. The Kier molecular flexibility index (Phi) is 6.54. The van der Waals surface area contributed by atoms with Crippen molar-refractivity contribution < 1.29 is 22.8 Å². The molecule has 9 nitrogen and oxygen atoms in total. The number of fused-ring (bicyclic) bond motifs is 1. The number of aryl methyl sites for hydroxylation is 1. The predicted molar refractivity (Wildman–Crippen MR) is 141 cm³/mol. The van der Waals surface area contributed by atoms with Crippen LogP contribution in [0.3, 0.4) is 0 Å². The van der Waals surface area contributed by atoms with Crippen LogP contribution >= 0.6 is 0 Å². The van der Waals surface area contributed by atoms with Gasteiger partial charge in [0.2, 0.25) is 11.7 Å². The minimum Gasteiger partial charge on any atom is -0.449 e. The van der Waals surface area contributed by atoms with Gasteiger partial charge in [-0.15, -0.1) is 5.10 Å². The van der Waals surface area contributed by atoms with E-state index in [1.807, 2.05) is 19.9 Å². The van der Waals surface area contributed by atoms with Crippen LogP contribution in [0.4, 0.5) is 8.78 Å². The molecule has 0 bridgehead atoms. The maximum Gasteiger partial charge on any atom is 0.293 e. The van der Waals surface area contributed by atoms with E-state index in [4.69, 9.17) is 9.40 Å². The zero-order valence-electron chi connectivity index (χ0n) is 23.4. The fraction of sp³-hybridized carbons (Fsp3) is 0.607. The summed E-state index contributed by atoms with van der Waals surface area (Å²) in [7, 11) is 0. The number of alkyl halides is 2. The molecule has 210 valence electrons. The predicted octanol–water partition coefficient (Wildman–Crippen LogP) is 5.22. The third kappa shape index (κ3) is 5.27. The molecule has 4 heterocycles. The lowest BCUT2D eigenvalue weighted by molar-refractivity contribution is -0.0384. The van der Waals surface area contributed by atoms with Crippen LogP contribution in [0.1, 0.15) is 104 Å². The van der Waals surface area contributed by atoms with Gasteiger partial charge in [0.25, 0.3) is 11.8 Å². The monoisotopic (exact) mass is 542 g/mol. The van der Waals surface area contributed by atoms with Gasteiger partial charge < -0.3 is 14.2 Å². The van der Waals surface area contributed by atoms with Crippen molar-refractivity contribution in [2.24, 2.45) is 0 Å². The number of pyridine rings is 1. The van der Waals surface area contributed by atoms with Crippen molar-refractivity contribution in [1.82, 2.24) is 30.0 Å². The van der Waals surface area contributed by atoms with Gasteiger partial charge in [-0.2, -0.15) is 0 Å². The highest BCUT2D eigenvalue weighted by molar-refractivity contribution is 5.97. The second-order valence-corrected chi connectivity index (χ2v) is 12.5. The normalized spacial score (nSPS) is 20.0. The maximum atomic E-state index is 13.8. The van der Waals surface area contributed by atoms with Crippen molar-refractivity contribution in [1.29, 1.82) is 0 Å². The van der Waals surface area contributed by atoms with E-state index in [0.29, 0.717) is 49.4 Å². The summed E-state index contributed by atoms with van der Waals surface area (Å²) >= 11 is 0. The number of aromatic nitrogens is 4. The summed E-state index contributed by atoms with van der Waals surface area (Å²) in [5.41, 5.74) is 1.80. The van der Waals surface area contributed by atoms with Crippen LogP contribution < -0.4 is 0 Å². The molecule has 1 saturated heterocycles. The van der Waals surface area contributed by atoms with Crippen LogP contribution in [-0.2, 0) is 5.41 Å². The number of H-pyrrole nitrogens is 1. The number of rotatable bonds is 3. The SMILES string of the molecule is Cc1nc(C(=O)N2CCN(C(=O)c3cc4nc(C5CCC(F)(F)CC5)cc(C(C)(C)C)c4o3)C(C)(C)C2)n[nH]1. The summed E-state index contributed by atoms with van der Waals surface area (Å²) in [5, 5.41) is 6.66. The first kappa shape index (κ1) is 27.2. The van der Waals surface area contributed by atoms with Crippen molar-refractivity contribution in [2.45, 2.75) is 90.0 Å². The molecule has 3 aromatic rings. The molecular formula is C28H36F2N6O3. The summed E-state index contributed by atoms with van der Waals surface area (Å²) in [6.07, 6.45) is 0.472. The number of carbonyl (C=O) groups excluding carboxylic acids is 2. The Morgan fingerprint density at radius 3 is 2.36 bits per heavy atom. The van der Waals surface area contributed by atoms with Crippen LogP contribution in [0.2, 0.25) is 0 Å². The molecule has 0 unspecified atom stereocenters. The van der Waals surface area contributed by atoms with E-state index in [0.717, 1.165) is 11.3 Å². The lowest BCUT2D eigenvalue weighted by Gasteiger charge is -2.46. The van der Waals surface area contributed by atoms with E-state index in [2.05, 4.69) is 36.0 Å². The van der Waals surface area contributed by atoms with Crippen LogP contribution in [0.15, 0.2) is 16.5 Å². The van der Waals surface area contributed by atoms with Gasteiger partial charge in [-0.25, -0.2) is 18.7 Å². The van der Waals surface area contributed by atoms with Gasteiger partial charge in [-0.05, 0) is 45.1 Å². The van der Waals surface area contributed by atoms with E-state index in [-0.39, 0.29) is 47.6 Å². The maximum absolute atomic E-state index is 13.8. The average Bonchev–Trinajstić information content (AvgIpc) is 3.47. The van der Waals surface area contributed by atoms with E-state index >= 15 is 0 Å². The van der Waals surface area contributed by atoms with Crippen molar-refractivity contribution in [3.63, 3.8) is 0 Å². The highest BCUT2D eigenvalue weighted by Crippen LogP contribution is 2.42. The molecule has 1 aliphatic heterocycles. The Labute approximate surface area is 226 Å². The van der Waals surface area contributed by atoms with Gasteiger partial charge in [0, 0.05) is 55.7 Å². The lowest BCUT2D eigenvalue weighted by atomic mass is 9.81. The molecule has 3 aromatic heterocycles. The van der Waals surface area contributed by atoms with Gasteiger partial charge >= 0.3 is 0 Å². The molecule has 1 saturated carbocycles. The topological polar surface area (TPSA) is 108 Å². The Morgan fingerprint density at radius 1 is 1.08 bits per heavy atom. The molecule has 0 atom stereocenters.